The minimum atomic E-state index is 0.294. The zero-order valence-corrected chi connectivity index (χ0v) is 7.55. The average molecular weight is 168 g/mol. The molecule has 68 valence electrons. The summed E-state index contributed by atoms with van der Waals surface area (Å²) < 4.78 is 0. The highest BCUT2D eigenvalue weighted by molar-refractivity contribution is 5.79. The molecule has 3 nitrogen and oxygen atoms in total. The van der Waals surface area contributed by atoms with E-state index in [9.17, 15) is 4.79 Å². The van der Waals surface area contributed by atoms with Gasteiger partial charge in [-0.1, -0.05) is 13.3 Å². The zero-order chi connectivity index (χ0) is 8.55. The molecule has 1 heterocycles. The molecule has 1 amide bonds. The van der Waals surface area contributed by atoms with Gasteiger partial charge in [-0.3, -0.25) is 4.79 Å². The number of carbonyl (C=O) groups excluding carboxylic acids is 1. The molecule has 1 aliphatic heterocycles. The fraction of sp³-hybridized carbons (Fsp3) is 0.889. The van der Waals surface area contributed by atoms with E-state index in [-0.39, 0.29) is 0 Å². The summed E-state index contributed by atoms with van der Waals surface area (Å²) in [4.78, 5) is 13.5. The summed E-state index contributed by atoms with van der Waals surface area (Å²) in [6.45, 7) is 4.64. The van der Waals surface area contributed by atoms with Crippen molar-refractivity contribution < 1.29 is 4.79 Å². The number of nitrogens with zero attached hydrogens (tertiary/aromatic N) is 1. The van der Waals surface area contributed by atoms with Crippen LogP contribution in [-0.2, 0) is 4.79 Å². The number of amides is 1. The van der Waals surface area contributed by atoms with Crippen molar-refractivity contribution in [1.29, 1.82) is 0 Å². The zero-order valence-electron chi connectivity index (χ0n) is 7.55. The second-order valence-corrected chi connectivity index (χ2v) is 3.74. The third kappa shape index (κ3) is 1.33. The Labute approximate surface area is 73.1 Å². The van der Waals surface area contributed by atoms with E-state index in [1.165, 1.54) is 12.8 Å². The van der Waals surface area contributed by atoms with Crippen LogP contribution in [0.3, 0.4) is 0 Å². The van der Waals surface area contributed by atoms with Crippen molar-refractivity contribution in [1.82, 2.24) is 10.2 Å². The Balaban J connectivity index is 1.90. The lowest BCUT2D eigenvalue weighted by Gasteiger charge is -2.27. The van der Waals surface area contributed by atoms with Gasteiger partial charge in [-0.25, -0.2) is 0 Å². The summed E-state index contributed by atoms with van der Waals surface area (Å²) >= 11 is 0. The maximum Gasteiger partial charge on any atom is 0.236 e. The first-order valence-corrected chi connectivity index (χ1v) is 4.83. The van der Waals surface area contributed by atoms with Crippen molar-refractivity contribution in [2.75, 3.05) is 19.6 Å². The van der Waals surface area contributed by atoms with Crippen LogP contribution in [0.2, 0.25) is 0 Å². The van der Waals surface area contributed by atoms with Gasteiger partial charge in [0.15, 0.2) is 0 Å². The lowest BCUT2D eigenvalue weighted by molar-refractivity contribution is -0.132. The van der Waals surface area contributed by atoms with Crippen molar-refractivity contribution in [3.63, 3.8) is 0 Å². The number of nitrogens with one attached hydrogen (secondary N) is 1. The van der Waals surface area contributed by atoms with Crippen molar-refractivity contribution in [3.8, 4) is 0 Å². The van der Waals surface area contributed by atoms with E-state index in [1.807, 2.05) is 0 Å². The molecule has 12 heavy (non-hydrogen) atoms. The monoisotopic (exact) mass is 168 g/mol. The quantitative estimate of drug-likeness (QED) is 0.639. The molecule has 2 fully saturated rings. The fourth-order valence-corrected chi connectivity index (χ4v) is 2.02. The van der Waals surface area contributed by atoms with Gasteiger partial charge in [0.05, 0.1) is 6.54 Å². The summed E-state index contributed by atoms with van der Waals surface area (Å²) in [5, 5.41) is 3.09. The van der Waals surface area contributed by atoms with Crippen molar-refractivity contribution in [2.24, 2.45) is 5.92 Å². The number of hydrogen-bond donors (Lipinski definition) is 1. The van der Waals surface area contributed by atoms with E-state index in [0.29, 0.717) is 18.5 Å². The first kappa shape index (κ1) is 8.05. The molecule has 2 atom stereocenters. The molecule has 2 unspecified atom stereocenters. The van der Waals surface area contributed by atoms with E-state index in [2.05, 4.69) is 17.1 Å². The molecule has 1 saturated heterocycles. The molecule has 0 aromatic heterocycles. The largest absolute Gasteiger partial charge is 0.337 e. The Morgan fingerprint density at radius 2 is 2.50 bits per heavy atom. The maximum atomic E-state index is 11.4. The lowest BCUT2D eigenvalue weighted by atomic mass is 10.3. The Morgan fingerprint density at radius 1 is 1.67 bits per heavy atom. The molecule has 0 spiro atoms. The van der Waals surface area contributed by atoms with E-state index in [1.54, 1.807) is 0 Å². The molecular weight excluding hydrogens is 152 g/mol. The second-order valence-electron chi connectivity index (χ2n) is 3.74. The van der Waals surface area contributed by atoms with Crippen LogP contribution in [-0.4, -0.2) is 36.5 Å². The van der Waals surface area contributed by atoms with Crippen LogP contribution < -0.4 is 5.32 Å². The average Bonchev–Trinajstić information content (AvgIpc) is 2.84. The van der Waals surface area contributed by atoms with E-state index >= 15 is 0 Å². The van der Waals surface area contributed by atoms with E-state index in [4.69, 9.17) is 0 Å². The van der Waals surface area contributed by atoms with Crippen LogP contribution in [0.4, 0.5) is 0 Å². The van der Waals surface area contributed by atoms with E-state index < -0.39 is 0 Å². The van der Waals surface area contributed by atoms with Gasteiger partial charge < -0.3 is 10.2 Å². The molecule has 2 rings (SSSR count). The molecule has 1 saturated carbocycles. The van der Waals surface area contributed by atoms with Gasteiger partial charge in [-0.15, -0.1) is 0 Å². The standard InChI is InChI=1S/C9H16N2O/c1-2-7-5-8(7)11-4-3-10-6-9(11)12/h7-8,10H,2-6H2,1H3. The summed E-state index contributed by atoms with van der Waals surface area (Å²) in [6.07, 6.45) is 2.46. The molecule has 3 heteroatoms. The van der Waals surface area contributed by atoms with Gasteiger partial charge in [0.1, 0.15) is 0 Å². The summed E-state index contributed by atoms with van der Waals surface area (Å²) in [5.74, 6) is 1.09. The van der Waals surface area contributed by atoms with E-state index in [0.717, 1.165) is 19.0 Å². The Hall–Kier alpha value is -0.570. The van der Waals surface area contributed by atoms with Gasteiger partial charge in [0.25, 0.3) is 0 Å². The normalized spacial score (nSPS) is 35.4. The van der Waals surface area contributed by atoms with Gasteiger partial charge >= 0.3 is 0 Å². The van der Waals surface area contributed by atoms with Gasteiger partial charge in [-0.2, -0.15) is 0 Å². The van der Waals surface area contributed by atoms with Crippen LogP contribution in [0.5, 0.6) is 0 Å². The number of piperazine rings is 1. The van der Waals surface area contributed by atoms with Crippen LogP contribution in [0.15, 0.2) is 0 Å². The fourth-order valence-electron chi connectivity index (χ4n) is 2.02. The molecule has 1 N–H and O–H groups in total. The van der Waals surface area contributed by atoms with Crippen molar-refractivity contribution >= 4 is 5.91 Å². The maximum absolute atomic E-state index is 11.4. The minimum Gasteiger partial charge on any atom is -0.337 e. The summed E-state index contributed by atoms with van der Waals surface area (Å²) in [5.41, 5.74) is 0. The van der Waals surface area contributed by atoms with Crippen LogP contribution in [0.1, 0.15) is 19.8 Å². The second kappa shape index (κ2) is 3.05. The lowest BCUT2D eigenvalue weighted by Crippen LogP contribution is -2.49. The molecule has 0 radical (unpaired) electrons. The first-order valence-electron chi connectivity index (χ1n) is 4.83. The molecular formula is C9H16N2O. The third-order valence-corrected chi connectivity index (χ3v) is 2.94. The number of rotatable bonds is 2. The highest BCUT2D eigenvalue weighted by Gasteiger charge is 2.42. The molecule has 2 aliphatic rings. The van der Waals surface area contributed by atoms with Gasteiger partial charge in [0.2, 0.25) is 5.91 Å². The Morgan fingerprint density at radius 3 is 3.08 bits per heavy atom. The highest BCUT2D eigenvalue weighted by Crippen LogP contribution is 2.38. The minimum absolute atomic E-state index is 0.294. The molecule has 0 aromatic rings. The Kier molecular flexibility index (Phi) is 2.05. The first-order chi connectivity index (χ1) is 5.83. The van der Waals surface area contributed by atoms with Gasteiger partial charge in [0, 0.05) is 19.1 Å². The smallest absolute Gasteiger partial charge is 0.236 e. The van der Waals surface area contributed by atoms with Crippen LogP contribution in [0.25, 0.3) is 0 Å². The van der Waals surface area contributed by atoms with Gasteiger partial charge in [-0.05, 0) is 12.3 Å². The topological polar surface area (TPSA) is 32.3 Å². The molecule has 0 bridgehead atoms. The number of hydrogen-bond acceptors (Lipinski definition) is 2. The third-order valence-electron chi connectivity index (χ3n) is 2.94. The molecule has 0 aromatic carbocycles. The number of carbonyl (C=O) groups is 1. The molecule has 1 aliphatic carbocycles. The Bertz CT molecular complexity index is 193. The van der Waals surface area contributed by atoms with Crippen molar-refractivity contribution in [3.05, 3.63) is 0 Å². The predicted molar refractivity (Wildman–Crippen MR) is 46.8 cm³/mol. The van der Waals surface area contributed by atoms with Crippen molar-refractivity contribution in [2.45, 2.75) is 25.8 Å². The summed E-state index contributed by atoms with van der Waals surface area (Å²) in [6, 6.07) is 0.588. The SMILES string of the molecule is CCC1CC1N1CCNCC1=O. The van der Waals surface area contributed by atoms with Crippen LogP contribution >= 0.6 is 0 Å². The highest BCUT2D eigenvalue weighted by atomic mass is 16.2. The predicted octanol–water partition coefficient (Wildman–Crippen LogP) is 0.217. The van der Waals surface area contributed by atoms with Crippen LogP contribution in [0, 0.1) is 5.92 Å². The summed E-state index contributed by atoms with van der Waals surface area (Å²) in [7, 11) is 0.